The molecule has 0 atom stereocenters. The molecule has 1 heterocycles. The van der Waals surface area contributed by atoms with E-state index in [1.165, 1.54) is 38.5 Å². The third-order valence-electron chi connectivity index (χ3n) is 7.50. The highest BCUT2D eigenvalue weighted by atomic mass is 79.9. The summed E-state index contributed by atoms with van der Waals surface area (Å²) in [5.74, 6) is 3.07. The summed E-state index contributed by atoms with van der Waals surface area (Å²) in [5.41, 5.74) is 2.97. The largest absolute Gasteiger partial charge is 0.346 e. The summed E-state index contributed by atoms with van der Waals surface area (Å²) in [5, 5.41) is 8.17. The molecule has 0 radical (unpaired) electrons. The van der Waals surface area contributed by atoms with Gasteiger partial charge in [0.15, 0.2) is 0 Å². The molecule has 1 aromatic heterocycles. The zero-order valence-electron chi connectivity index (χ0n) is 16.0. The fraction of sp³-hybridized carbons (Fsp3) is 0.565. The summed E-state index contributed by atoms with van der Waals surface area (Å²) < 4.78 is 3.04. The van der Waals surface area contributed by atoms with Gasteiger partial charge in [0.25, 0.3) is 5.91 Å². The van der Waals surface area contributed by atoms with Crippen molar-refractivity contribution in [1.29, 1.82) is 0 Å². The zero-order chi connectivity index (χ0) is 18.9. The van der Waals surface area contributed by atoms with Gasteiger partial charge in [-0.3, -0.25) is 4.79 Å². The van der Waals surface area contributed by atoms with Crippen molar-refractivity contribution in [3.8, 4) is 5.69 Å². The molecule has 0 saturated heterocycles. The highest BCUT2D eigenvalue weighted by Gasteiger charge is 2.51. The van der Waals surface area contributed by atoms with Crippen molar-refractivity contribution in [2.75, 3.05) is 0 Å². The second-order valence-corrected chi connectivity index (χ2v) is 10.7. The average molecular weight is 440 g/mol. The number of amides is 1. The van der Waals surface area contributed by atoms with Crippen molar-refractivity contribution in [2.45, 2.75) is 62.8 Å². The highest BCUT2D eigenvalue weighted by molar-refractivity contribution is 9.10. The summed E-state index contributed by atoms with van der Waals surface area (Å²) in [7, 11) is 0. The fourth-order valence-corrected chi connectivity index (χ4v) is 6.91. The Bertz CT molecular complexity index is 893. The molecule has 5 heteroatoms. The minimum absolute atomic E-state index is 0.0480. The van der Waals surface area contributed by atoms with Gasteiger partial charge >= 0.3 is 0 Å². The van der Waals surface area contributed by atoms with Crippen LogP contribution in [0, 0.1) is 17.8 Å². The lowest BCUT2D eigenvalue weighted by Gasteiger charge is -2.56. The van der Waals surface area contributed by atoms with Crippen LogP contribution in [0.3, 0.4) is 0 Å². The average Bonchev–Trinajstić information content (AvgIpc) is 3.39. The SMILES string of the molecule is O=C(NC12CC3CC(CC(C3)C1)C2)c1cnn(-c2ccc(Br)cc2)c1C1CC1. The molecule has 4 bridgehead atoms. The van der Waals surface area contributed by atoms with Crippen LogP contribution in [0.15, 0.2) is 34.9 Å². The van der Waals surface area contributed by atoms with Crippen molar-refractivity contribution in [3.63, 3.8) is 0 Å². The monoisotopic (exact) mass is 439 g/mol. The third kappa shape index (κ3) is 2.85. The van der Waals surface area contributed by atoms with E-state index in [4.69, 9.17) is 0 Å². The number of hydrogen-bond donors (Lipinski definition) is 1. The van der Waals surface area contributed by atoms with Gasteiger partial charge in [0, 0.05) is 15.9 Å². The van der Waals surface area contributed by atoms with E-state index in [1.54, 1.807) is 6.20 Å². The van der Waals surface area contributed by atoms with Gasteiger partial charge in [-0.15, -0.1) is 0 Å². The molecule has 1 amide bonds. The molecule has 1 aromatic carbocycles. The van der Waals surface area contributed by atoms with Gasteiger partial charge in [-0.1, -0.05) is 15.9 Å². The molecule has 5 saturated carbocycles. The maximum absolute atomic E-state index is 13.4. The predicted octanol–water partition coefficient (Wildman–Crippen LogP) is 5.21. The van der Waals surface area contributed by atoms with Crippen LogP contribution in [-0.4, -0.2) is 21.2 Å². The summed E-state index contributed by atoms with van der Waals surface area (Å²) in [6, 6.07) is 8.18. The Hall–Kier alpha value is -1.62. The van der Waals surface area contributed by atoms with Crippen molar-refractivity contribution in [3.05, 3.63) is 46.2 Å². The molecule has 2 aromatic rings. The Morgan fingerprint density at radius 3 is 2.21 bits per heavy atom. The Kier molecular flexibility index (Phi) is 3.81. The first kappa shape index (κ1) is 17.3. The number of aromatic nitrogens is 2. The number of rotatable bonds is 4. The Morgan fingerprint density at radius 1 is 1.04 bits per heavy atom. The van der Waals surface area contributed by atoms with E-state index in [2.05, 4.69) is 38.5 Å². The Balaban J connectivity index is 1.31. The second kappa shape index (κ2) is 6.19. The molecule has 28 heavy (non-hydrogen) atoms. The van der Waals surface area contributed by atoms with Gasteiger partial charge in [-0.25, -0.2) is 4.68 Å². The molecule has 1 N–H and O–H groups in total. The number of nitrogens with one attached hydrogen (secondary N) is 1. The van der Waals surface area contributed by atoms with Gasteiger partial charge in [-0.2, -0.15) is 5.10 Å². The Labute approximate surface area is 174 Å². The van der Waals surface area contributed by atoms with Crippen LogP contribution in [0.2, 0.25) is 0 Å². The zero-order valence-corrected chi connectivity index (χ0v) is 17.6. The van der Waals surface area contributed by atoms with Crippen LogP contribution < -0.4 is 5.32 Å². The van der Waals surface area contributed by atoms with Crippen molar-refractivity contribution in [1.82, 2.24) is 15.1 Å². The molecular weight excluding hydrogens is 414 g/mol. The molecule has 5 fully saturated rings. The summed E-state index contributed by atoms with van der Waals surface area (Å²) in [4.78, 5) is 13.4. The minimum Gasteiger partial charge on any atom is -0.346 e. The number of carbonyl (C=O) groups excluding carboxylic acids is 1. The van der Waals surface area contributed by atoms with E-state index < -0.39 is 0 Å². The van der Waals surface area contributed by atoms with Gasteiger partial charge in [0.2, 0.25) is 0 Å². The van der Waals surface area contributed by atoms with Crippen LogP contribution in [-0.2, 0) is 0 Å². The lowest BCUT2D eigenvalue weighted by Crippen LogP contribution is -2.59. The fourth-order valence-electron chi connectivity index (χ4n) is 6.64. The standard InChI is InChI=1S/C23H26BrN3O/c24-18-3-5-19(6-4-18)27-21(17-1-2-17)20(13-25-27)22(28)26-23-10-14-7-15(11-23)9-16(8-14)12-23/h3-6,13-17H,1-2,7-12H2,(H,26,28). The normalized spacial score (nSPS) is 33.2. The molecule has 7 rings (SSSR count). The third-order valence-corrected chi connectivity index (χ3v) is 8.03. The molecular formula is C23H26BrN3O. The molecule has 0 unspecified atom stereocenters. The number of nitrogens with zero attached hydrogens (tertiary/aromatic N) is 2. The van der Waals surface area contributed by atoms with Crippen molar-refractivity contribution in [2.24, 2.45) is 17.8 Å². The lowest BCUT2D eigenvalue weighted by atomic mass is 9.53. The van der Waals surface area contributed by atoms with Gasteiger partial charge < -0.3 is 5.32 Å². The van der Waals surface area contributed by atoms with Crippen molar-refractivity contribution < 1.29 is 4.79 Å². The first-order valence-corrected chi connectivity index (χ1v) is 11.5. The number of hydrogen-bond acceptors (Lipinski definition) is 2. The van der Waals surface area contributed by atoms with E-state index in [-0.39, 0.29) is 11.4 Å². The second-order valence-electron chi connectivity index (χ2n) is 9.76. The number of benzene rings is 1. The lowest BCUT2D eigenvalue weighted by molar-refractivity contribution is -0.0167. The van der Waals surface area contributed by atoms with Gasteiger partial charge in [0.1, 0.15) is 0 Å². The van der Waals surface area contributed by atoms with Crippen LogP contribution in [0.1, 0.15) is 73.3 Å². The molecule has 146 valence electrons. The maximum atomic E-state index is 13.4. The van der Waals surface area contributed by atoms with E-state index in [1.807, 2.05) is 16.8 Å². The number of halogens is 1. The molecule has 5 aliphatic carbocycles. The van der Waals surface area contributed by atoms with Gasteiger partial charge in [-0.05, 0) is 93.4 Å². The molecule has 5 aliphatic rings. The van der Waals surface area contributed by atoms with Crippen LogP contribution >= 0.6 is 15.9 Å². The quantitative estimate of drug-likeness (QED) is 0.710. The van der Waals surface area contributed by atoms with E-state index in [0.717, 1.165) is 52.0 Å². The smallest absolute Gasteiger partial charge is 0.255 e. The Morgan fingerprint density at radius 2 is 1.64 bits per heavy atom. The summed E-state index contributed by atoms with van der Waals surface area (Å²) in [6.45, 7) is 0. The van der Waals surface area contributed by atoms with Crippen molar-refractivity contribution >= 4 is 21.8 Å². The molecule has 0 spiro atoms. The summed E-state index contributed by atoms with van der Waals surface area (Å²) >= 11 is 3.50. The summed E-state index contributed by atoms with van der Waals surface area (Å²) in [6.07, 6.45) is 11.8. The minimum atomic E-state index is 0.0480. The van der Waals surface area contributed by atoms with Crippen LogP contribution in [0.4, 0.5) is 0 Å². The predicted molar refractivity (Wildman–Crippen MR) is 112 cm³/mol. The van der Waals surface area contributed by atoms with Crippen LogP contribution in [0.25, 0.3) is 5.69 Å². The molecule has 4 nitrogen and oxygen atoms in total. The van der Waals surface area contributed by atoms with Gasteiger partial charge in [0.05, 0.1) is 23.1 Å². The first-order valence-electron chi connectivity index (χ1n) is 10.7. The van der Waals surface area contributed by atoms with E-state index in [0.29, 0.717) is 5.92 Å². The van der Waals surface area contributed by atoms with Crippen LogP contribution in [0.5, 0.6) is 0 Å². The number of carbonyl (C=O) groups is 1. The van der Waals surface area contributed by atoms with E-state index in [9.17, 15) is 4.79 Å². The maximum Gasteiger partial charge on any atom is 0.255 e. The first-order chi connectivity index (χ1) is 13.6. The highest BCUT2D eigenvalue weighted by Crippen LogP contribution is 2.55. The molecule has 0 aliphatic heterocycles. The van der Waals surface area contributed by atoms with E-state index >= 15 is 0 Å². The topological polar surface area (TPSA) is 46.9 Å².